The van der Waals surface area contributed by atoms with Gasteiger partial charge in [0.25, 0.3) is 0 Å². The molecule has 2 heterocycles. The standard InChI is InChI=1S/C26H38O9/c1-14-5-8-18-25(2,16(14)7-6-15-9-12-33-22(15)31)10-4-11-26(18,3)24(32)35-23-21(30)20(29)19(28)17(13-27)34-23/h9,16-21,23,27-30H,1,4-8,10-13H2,2-3H3/t16-,17-,18+,19-,20+,21-,23+,25+,26+/m1/s1. The van der Waals surface area contributed by atoms with E-state index in [2.05, 4.69) is 13.5 Å². The molecule has 3 fully saturated rings. The van der Waals surface area contributed by atoms with E-state index in [-0.39, 0.29) is 23.2 Å². The van der Waals surface area contributed by atoms with Gasteiger partial charge in [0, 0.05) is 5.57 Å². The molecule has 2 aliphatic carbocycles. The summed E-state index contributed by atoms with van der Waals surface area (Å²) in [6.45, 7) is 8.17. The number of cyclic esters (lactones) is 1. The van der Waals surface area contributed by atoms with Gasteiger partial charge >= 0.3 is 11.9 Å². The minimum atomic E-state index is -1.63. The first kappa shape index (κ1) is 26.3. The molecule has 35 heavy (non-hydrogen) atoms. The first-order valence-corrected chi connectivity index (χ1v) is 12.6. The second-order valence-corrected chi connectivity index (χ2v) is 11.0. The number of carbonyl (C=O) groups is 2. The van der Waals surface area contributed by atoms with E-state index in [1.807, 2.05) is 13.0 Å². The average molecular weight is 495 g/mol. The fourth-order valence-corrected chi connectivity index (χ4v) is 7.03. The molecule has 2 saturated carbocycles. The first-order valence-electron chi connectivity index (χ1n) is 12.6. The van der Waals surface area contributed by atoms with Gasteiger partial charge in [-0.05, 0) is 68.8 Å². The summed E-state index contributed by atoms with van der Waals surface area (Å²) >= 11 is 0. The molecule has 4 rings (SSSR count). The number of hydrogen-bond donors (Lipinski definition) is 4. The minimum Gasteiger partial charge on any atom is -0.458 e. The van der Waals surface area contributed by atoms with E-state index in [1.165, 1.54) is 0 Å². The number of aliphatic hydroxyl groups is 4. The van der Waals surface area contributed by atoms with E-state index < -0.39 is 48.7 Å². The van der Waals surface area contributed by atoms with Gasteiger partial charge in [-0.2, -0.15) is 0 Å². The number of aliphatic hydroxyl groups excluding tert-OH is 4. The Morgan fingerprint density at radius 3 is 2.60 bits per heavy atom. The predicted octanol–water partition coefficient (Wildman–Crippen LogP) is 1.37. The molecule has 9 nitrogen and oxygen atoms in total. The van der Waals surface area contributed by atoms with Crippen LogP contribution in [0.3, 0.4) is 0 Å². The van der Waals surface area contributed by atoms with Crippen molar-refractivity contribution in [3.63, 3.8) is 0 Å². The monoisotopic (exact) mass is 494 g/mol. The third kappa shape index (κ3) is 4.57. The number of allylic oxidation sites excluding steroid dienone is 1. The molecule has 9 heteroatoms. The highest BCUT2D eigenvalue weighted by atomic mass is 16.7. The lowest BCUT2D eigenvalue weighted by atomic mass is 9.46. The van der Waals surface area contributed by atoms with Gasteiger partial charge in [-0.3, -0.25) is 4.79 Å². The van der Waals surface area contributed by atoms with Gasteiger partial charge < -0.3 is 34.6 Å². The zero-order valence-corrected chi connectivity index (χ0v) is 20.5. The Bertz CT molecular complexity index is 882. The number of carbonyl (C=O) groups excluding carboxylic acids is 2. The Hall–Kier alpha value is -1.78. The quantitative estimate of drug-likeness (QED) is 0.318. The van der Waals surface area contributed by atoms with Crippen LogP contribution in [0, 0.1) is 22.7 Å². The highest BCUT2D eigenvalue weighted by molar-refractivity contribution is 5.90. The number of fused-ring (bicyclic) bond motifs is 1. The summed E-state index contributed by atoms with van der Waals surface area (Å²) in [6, 6.07) is 0. The molecule has 4 aliphatic rings. The van der Waals surface area contributed by atoms with Crippen LogP contribution in [0.25, 0.3) is 0 Å². The van der Waals surface area contributed by atoms with Gasteiger partial charge in [-0.15, -0.1) is 0 Å². The number of hydrogen-bond acceptors (Lipinski definition) is 9. The van der Waals surface area contributed by atoms with Crippen LogP contribution in [0.2, 0.25) is 0 Å². The van der Waals surface area contributed by atoms with Gasteiger partial charge in [0.2, 0.25) is 6.29 Å². The van der Waals surface area contributed by atoms with E-state index >= 15 is 0 Å². The maximum absolute atomic E-state index is 13.6. The van der Waals surface area contributed by atoms with Gasteiger partial charge in [0.1, 0.15) is 31.0 Å². The van der Waals surface area contributed by atoms with E-state index in [9.17, 15) is 30.0 Å². The molecule has 0 aromatic heterocycles. The molecule has 0 aromatic carbocycles. The zero-order valence-electron chi connectivity index (χ0n) is 20.5. The van der Waals surface area contributed by atoms with Crippen LogP contribution in [0.1, 0.15) is 58.8 Å². The Morgan fingerprint density at radius 1 is 1.20 bits per heavy atom. The summed E-state index contributed by atoms with van der Waals surface area (Å²) in [5.41, 5.74) is 0.766. The molecule has 2 aliphatic heterocycles. The van der Waals surface area contributed by atoms with E-state index in [0.29, 0.717) is 25.0 Å². The summed E-state index contributed by atoms with van der Waals surface area (Å²) in [5, 5.41) is 39.9. The highest BCUT2D eigenvalue weighted by Crippen LogP contribution is 2.62. The molecular formula is C26H38O9. The summed E-state index contributed by atoms with van der Waals surface area (Å²) in [5.74, 6) is -0.660. The molecule has 1 saturated heterocycles. The van der Waals surface area contributed by atoms with Crippen LogP contribution in [0.15, 0.2) is 23.8 Å². The maximum atomic E-state index is 13.6. The lowest BCUT2D eigenvalue weighted by molar-refractivity contribution is -0.297. The van der Waals surface area contributed by atoms with Crippen LogP contribution in [0.4, 0.5) is 0 Å². The second-order valence-electron chi connectivity index (χ2n) is 11.0. The lowest BCUT2D eigenvalue weighted by Crippen LogP contribution is -2.61. The molecule has 4 N–H and O–H groups in total. The molecule has 0 bridgehead atoms. The topological polar surface area (TPSA) is 143 Å². The Kier molecular flexibility index (Phi) is 7.46. The van der Waals surface area contributed by atoms with E-state index in [4.69, 9.17) is 14.2 Å². The van der Waals surface area contributed by atoms with Crippen molar-refractivity contribution in [3.05, 3.63) is 23.8 Å². The van der Waals surface area contributed by atoms with Gasteiger partial charge in [0.05, 0.1) is 12.0 Å². The third-order valence-electron chi connectivity index (χ3n) is 9.07. The summed E-state index contributed by atoms with van der Waals surface area (Å²) in [6.07, 6.45) is -0.305. The Balaban J connectivity index is 1.52. The molecule has 0 aromatic rings. The number of rotatable bonds is 6. The molecular weight excluding hydrogens is 456 g/mol. The van der Waals surface area contributed by atoms with Crippen molar-refractivity contribution in [3.8, 4) is 0 Å². The van der Waals surface area contributed by atoms with Crippen LogP contribution >= 0.6 is 0 Å². The van der Waals surface area contributed by atoms with Crippen LogP contribution in [-0.2, 0) is 23.8 Å². The molecule has 9 atom stereocenters. The van der Waals surface area contributed by atoms with Crippen molar-refractivity contribution in [1.82, 2.24) is 0 Å². The van der Waals surface area contributed by atoms with Crippen LogP contribution in [-0.4, -0.2) is 76.3 Å². The predicted molar refractivity (Wildman–Crippen MR) is 124 cm³/mol. The Labute approximate surface area is 205 Å². The smallest absolute Gasteiger partial charge is 0.334 e. The lowest BCUT2D eigenvalue weighted by Gasteiger charge is -2.58. The second kappa shape index (κ2) is 9.94. The fourth-order valence-electron chi connectivity index (χ4n) is 7.03. The molecule has 0 spiro atoms. The molecule has 196 valence electrons. The van der Waals surface area contributed by atoms with Gasteiger partial charge in [0.15, 0.2) is 0 Å². The molecule has 0 radical (unpaired) electrons. The van der Waals surface area contributed by atoms with Gasteiger partial charge in [-0.1, -0.05) is 25.5 Å². The van der Waals surface area contributed by atoms with Crippen molar-refractivity contribution in [2.45, 2.75) is 89.5 Å². The number of ether oxygens (including phenoxy) is 3. The van der Waals surface area contributed by atoms with Crippen molar-refractivity contribution in [2.24, 2.45) is 22.7 Å². The van der Waals surface area contributed by atoms with Crippen molar-refractivity contribution < 1.29 is 44.2 Å². The van der Waals surface area contributed by atoms with Crippen molar-refractivity contribution in [2.75, 3.05) is 13.2 Å². The molecule has 0 amide bonds. The summed E-state index contributed by atoms with van der Waals surface area (Å²) in [4.78, 5) is 25.5. The number of esters is 2. The first-order chi connectivity index (χ1) is 16.5. The van der Waals surface area contributed by atoms with Crippen LogP contribution in [0.5, 0.6) is 0 Å². The van der Waals surface area contributed by atoms with Crippen molar-refractivity contribution in [1.29, 1.82) is 0 Å². The molecule has 0 unspecified atom stereocenters. The minimum absolute atomic E-state index is 0.0128. The normalized spacial score (nSPS) is 43.8. The SMILES string of the molecule is C=C1CC[C@H]2[C@@](C)(CCC[C@]2(C)C(=O)O[C@@H]2O[C@H](CO)[C@@H](O)[C@H](O)[C@H]2O)[C@@H]1CCC1=CCOC1=O. The highest BCUT2D eigenvalue weighted by Gasteiger charge is 2.58. The Morgan fingerprint density at radius 2 is 1.94 bits per heavy atom. The average Bonchev–Trinajstić information content (AvgIpc) is 3.23. The van der Waals surface area contributed by atoms with Crippen molar-refractivity contribution >= 4 is 11.9 Å². The van der Waals surface area contributed by atoms with E-state index in [1.54, 1.807) is 0 Å². The maximum Gasteiger partial charge on any atom is 0.334 e. The summed E-state index contributed by atoms with van der Waals surface area (Å²) < 4.78 is 16.1. The largest absolute Gasteiger partial charge is 0.458 e. The van der Waals surface area contributed by atoms with Crippen LogP contribution < -0.4 is 0 Å². The zero-order chi connectivity index (χ0) is 25.5. The van der Waals surface area contributed by atoms with Gasteiger partial charge in [-0.25, -0.2) is 4.79 Å². The van der Waals surface area contributed by atoms with E-state index in [0.717, 1.165) is 37.7 Å². The fraction of sp³-hybridized carbons (Fsp3) is 0.769. The summed E-state index contributed by atoms with van der Waals surface area (Å²) in [7, 11) is 0. The third-order valence-corrected chi connectivity index (χ3v) is 9.07.